The van der Waals surface area contributed by atoms with Crippen molar-refractivity contribution in [3.8, 4) is 0 Å². The molecule has 202 valence electrons. The second kappa shape index (κ2) is 30.2. The first-order chi connectivity index (χ1) is 16.8. The molecule has 0 aromatic rings. The van der Waals surface area contributed by atoms with Gasteiger partial charge in [-0.1, -0.05) is 148 Å². The van der Waals surface area contributed by atoms with Crippen LogP contribution in [0.1, 0.15) is 181 Å². The molecule has 0 atom stereocenters. The van der Waals surface area contributed by atoms with Gasteiger partial charge in [-0.05, 0) is 38.5 Å². The Morgan fingerprint density at radius 1 is 0.471 bits per heavy atom. The predicted octanol–water partition coefficient (Wildman–Crippen LogP) is 11.3. The molecule has 0 saturated heterocycles. The van der Waals surface area contributed by atoms with Crippen LogP contribution >= 0.6 is 0 Å². The van der Waals surface area contributed by atoms with Gasteiger partial charge in [-0.2, -0.15) is 0 Å². The fourth-order valence-electron chi connectivity index (χ4n) is 4.54. The molecule has 0 saturated carbocycles. The molecule has 0 N–H and O–H groups in total. The van der Waals surface area contributed by atoms with E-state index < -0.39 is 0 Å². The molecule has 0 aromatic carbocycles. The van der Waals surface area contributed by atoms with Crippen molar-refractivity contribution in [2.45, 2.75) is 181 Å². The highest BCUT2D eigenvalue weighted by atomic mass is 16.5. The summed E-state index contributed by atoms with van der Waals surface area (Å²) in [6.45, 7) is 5.18. The molecule has 2 heteroatoms. The molecule has 0 fully saturated rings. The minimum Gasteiger partial charge on any atom is -0.466 e. The lowest BCUT2D eigenvalue weighted by atomic mass is 10.1. The lowest BCUT2D eigenvalue weighted by Gasteiger charge is -2.05. The number of ether oxygens (including phenoxy) is 1. The number of allylic oxidation sites excluding steroid dienone is 2. The summed E-state index contributed by atoms with van der Waals surface area (Å²) in [4.78, 5) is 11.8. The SMILES string of the molecule is CCCCCCC=CCCCCCCCCCC(=O)OCCCCCCCCCCCCCC. The summed E-state index contributed by atoms with van der Waals surface area (Å²) < 4.78 is 5.41. The van der Waals surface area contributed by atoms with E-state index in [0.717, 1.165) is 12.8 Å². The maximum Gasteiger partial charge on any atom is 0.305 e. The molecule has 0 bridgehead atoms. The minimum absolute atomic E-state index is 0.0181. The van der Waals surface area contributed by atoms with Crippen LogP contribution in [-0.2, 0) is 9.53 Å². The number of esters is 1. The van der Waals surface area contributed by atoms with Crippen LogP contribution in [0, 0.1) is 0 Å². The lowest BCUT2D eigenvalue weighted by molar-refractivity contribution is -0.143. The molecular formula is C32H62O2. The normalized spacial score (nSPS) is 11.5. The molecule has 0 spiro atoms. The monoisotopic (exact) mass is 478 g/mol. The van der Waals surface area contributed by atoms with E-state index in [-0.39, 0.29) is 5.97 Å². The fraction of sp³-hybridized carbons (Fsp3) is 0.906. The Morgan fingerprint density at radius 3 is 1.29 bits per heavy atom. The van der Waals surface area contributed by atoms with Crippen molar-refractivity contribution < 1.29 is 9.53 Å². The van der Waals surface area contributed by atoms with E-state index in [2.05, 4.69) is 26.0 Å². The number of hydrogen-bond acceptors (Lipinski definition) is 2. The zero-order valence-corrected chi connectivity index (χ0v) is 23.6. The van der Waals surface area contributed by atoms with Crippen LogP contribution in [0.5, 0.6) is 0 Å². The van der Waals surface area contributed by atoms with Crippen LogP contribution in [0.2, 0.25) is 0 Å². The number of hydrogen-bond donors (Lipinski definition) is 0. The highest BCUT2D eigenvalue weighted by molar-refractivity contribution is 5.69. The first-order valence-electron chi connectivity index (χ1n) is 15.6. The van der Waals surface area contributed by atoms with Crippen LogP contribution in [-0.4, -0.2) is 12.6 Å². The van der Waals surface area contributed by atoms with E-state index in [1.807, 2.05) is 0 Å². The van der Waals surface area contributed by atoms with Gasteiger partial charge in [0.05, 0.1) is 6.61 Å². The van der Waals surface area contributed by atoms with Crippen LogP contribution in [0.4, 0.5) is 0 Å². The smallest absolute Gasteiger partial charge is 0.305 e. The molecular weight excluding hydrogens is 416 g/mol. The number of carbonyl (C=O) groups excluding carboxylic acids is 1. The van der Waals surface area contributed by atoms with Crippen molar-refractivity contribution in [1.29, 1.82) is 0 Å². The van der Waals surface area contributed by atoms with E-state index in [1.165, 1.54) is 148 Å². The van der Waals surface area contributed by atoms with E-state index >= 15 is 0 Å². The van der Waals surface area contributed by atoms with Crippen molar-refractivity contribution in [2.24, 2.45) is 0 Å². The maximum atomic E-state index is 11.8. The third-order valence-electron chi connectivity index (χ3n) is 6.90. The zero-order valence-electron chi connectivity index (χ0n) is 23.6. The van der Waals surface area contributed by atoms with Gasteiger partial charge in [0.2, 0.25) is 0 Å². The summed E-state index contributed by atoms with van der Waals surface area (Å²) in [5, 5.41) is 0. The second-order valence-corrected chi connectivity index (χ2v) is 10.4. The topological polar surface area (TPSA) is 26.3 Å². The molecule has 2 nitrogen and oxygen atoms in total. The van der Waals surface area contributed by atoms with Gasteiger partial charge < -0.3 is 4.74 Å². The van der Waals surface area contributed by atoms with Gasteiger partial charge in [0.25, 0.3) is 0 Å². The molecule has 0 aliphatic heterocycles. The Hall–Kier alpha value is -0.790. The van der Waals surface area contributed by atoms with Gasteiger partial charge in [-0.15, -0.1) is 0 Å². The summed E-state index contributed by atoms with van der Waals surface area (Å²) in [5.41, 5.74) is 0. The van der Waals surface area contributed by atoms with Gasteiger partial charge in [-0.3, -0.25) is 4.79 Å². The van der Waals surface area contributed by atoms with E-state index in [1.54, 1.807) is 0 Å². The first kappa shape index (κ1) is 33.2. The average Bonchev–Trinajstić information content (AvgIpc) is 2.84. The zero-order chi connectivity index (χ0) is 24.8. The summed E-state index contributed by atoms with van der Waals surface area (Å²) >= 11 is 0. The quantitative estimate of drug-likeness (QED) is 0.0634. The summed E-state index contributed by atoms with van der Waals surface area (Å²) in [7, 11) is 0. The number of carbonyl (C=O) groups is 1. The van der Waals surface area contributed by atoms with Crippen LogP contribution < -0.4 is 0 Å². The molecule has 0 unspecified atom stereocenters. The van der Waals surface area contributed by atoms with Crippen molar-refractivity contribution in [2.75, 3.05) is 6.61 Å². The fourth-order valence-corrected chi connectivity index (χ4v) is 4.54. The lowest BCUT2D eigenvalue weighted by Crippen LogP contribution is -2.05. The van der Waals surface area contributed by atoms with Gasteiger partial charge >= 0.3 is 5.97 Å². The molecule has 34 heavy (non-hydrogen) atoms. The first-order valence-corrected chi connectivity index (χ1v) is 15.6. The van der Waals surface area contributed by atoms with Gasteiger partial charge in [-0.25, -0.2) is 0 Å². The van der Waals surface area contributed by atoms with Gasteiger partial charge in [0.15, 0.2) is 0 Å². The Kier molecular flexibility index (Phi) is 29.5. The predicted molar refractivity (Wildman–Crippen MR) is 151 cm³/mol. The Labute approximate surface area is 215 Å². The van der Waals surface area contributed by atoms with Gasteiger partial charge in [0.1, 0.15) is 0 Å². The standard InChI is InChI=1S/C32H62O2/c1-3-5-7-9-11-13-15-17-18-19-20-22-24-26-28-30-32(33)34-31-29-27-25-23-21-16-14-12-10-8-6-4-2/h13,15H,3-12,14,16-31H2,1-2H3. The maximum absolute atomic E-state index is 11.8. The Balaban J connectivity index is 3.18. The molecule has 0 radical (unpaired) electrons. The molecule has 0 aliphatic carbocycles. The molecule has 0 aliphatic rings. The highest BCUT2D eigenvalue weighted by Gasteiger charge is 2.02. The third-order valence-corrected chi connectivity index (χ3v) is 6.90. The highest BCUT2D eigenvalue weighted by Crippen LogP contribution is 2.13. The number of rotatable bonds is 28. The van der Waals surface area contributed by atoms with Crippen molar-refractivity contribution in [3.63, 3.8) is 0 Å². The molecule has 0 amide bonds. The second-order valence-electron chi connectivity index (χ2n) is 10.4. The van der Waals surface area contributed by atoms with E-state index in [9.17, 15) is 4.79 Å². The van der Waals surface area contributed by atoms with Crippen molar-refractivity contribution >= 4 is 5.97 Å². The number of unbranched alkanes of at least 4 members (excludes halogenated alkanes) is 22. The van der Waals surface area contributed by atoms with Crippen LogP contribution in [0.25, 0.3) is 0 Å². The largest absolute Gasteiger partial charge is 0.466 e. The minimum atomic E-state index is 0.0181. The van der Waals surface area contributed by atoms with E-state index in [4.69, 9.17) is 4.74 Å². The third kappa shape index (κ3) is 29.2. The van der Waals surface area contributed by atoms with Crippen LogP contribution in [0.3, 0.4) is 0 Å². The van der Waals surface area contributed by atoms with Crippen molar-refractivity contribution in [1.82, 2.24) is 0 Å². The Morgan fingerprint density at radius 2 is 0.824 bits per heavy atom. The summed E-state index contributed by atoms with van der Waals surface area (Å²) in [6.07, 6.45) is 38.2. The van der Waals surface area contributed by atoms with Gasteiger partial charge in [0, 0.05) is 6.42 Å². The Bertz CT molecular complexity index is 415. The van der Waals surface area contributed by atoms with Crippen LogP contribution in [0.15, 0.2) is 12.2 Å². The van der Waals surface area contributed by atoms with E-state index in [0.29, 0.717) is 13.0 Å². The summed E-state index contributed by atoms with van der Waals surface area (Å²) in [5.74, 6) is 0.0181. The molecule has 0 rings (SSSR count). The average molecular weight is 479 g/mol. The molecule has 0 aromatic heterocycles. The van der Waals surface area contributed by atoms with Crippen molar-refractivity contribution in [3.05, 3.63) is 12.2 Å². The summed E-state index contributed by atoms with van der Waals surface area (Å²) in [6, 6.07) is 0. The molecule has 0 heterocycles.